The fraction of sp³-hybridized carbons (Fsp3) is 0.0357. The minimum absolute atomic E-state index is 0. The lowest BCUT2D eigenvalue weighted by atomic mass is 10.2. The third-order valence-corrected chi connectivity index (χ3v) is 10.8. The monoisotopic (exact) mass is 603 g/mol. The Morgan fingerprint density at radius 2 is 1.15 bits per heavy atom. The van der Waals surface area contributed by atoms with Crippen molar-refractivity contribution in [2.24, 2.45) is 0 Å². The van der Waals surface area contributed by atoms with Crippen LogP contribution in [0.5, 0.6) is 0 Å². The minimum atomic E-state index is -4.62. The van der Waals surface area contributed by atoms with E-state index in [-0.39, 0.29) is 11.0 Å². The van der Waals surface area contributed by atoms with Crippen LogP contribution in [0.1, 0.15) is 5.56 Å². The van der Waals surface area contributed by atoms with Gasteiger partial charge in [-0.1, -0.05) is 6.07 Å². The standard InChI is InChI=1S/C28H18N4O3S4.H3N/c1-14-2-9-21-24(25(14)39(33,34)35)38-28(32-21)17-6-11-20-23(13-17)37-27(31-20)16-5-10-19-22(12-16)36-26(30-19)15-3-7-18(29)8-4-15;/h2-13H,29H2,1H3,(H,33,34,35);1H3. The molecule has 0 aliphatic carbocycles. The second kappa shape index (κ2) is 9.70. The van der Waals surface area contributed by atoms with Crippen molar-refractivity contribution in [3.63, 3.8) is 0 Å². The van der Waals surface area contributed by atoms with Crippen LogP contribution in [0.25, 0.3) is 62.4 Å². The average molecular weight is 604 g/mol. The molecule has 0 radical (unpaired) electrons. The largest absolute Gasteiger partial charge is 0.744 e. The van der Waals surface area contributed by atoms with Crippen molar-refractivity contribution in [1.29, 1.82) is 0 Å². The summed E-state index contributed by atoms with van der Waals surface area (Å²) in [6.07, 6.45) is 0. The third-order valence-electron chi connectivity index (χ3n) is 6.39. The van der Waals surface area contributed by atoms with Crippen LogP contribution in [0, 0.1) is 6.92 Å². The van der Waals surface area contributed by atoms with E-state index in [2.05, 4.69) is 11.1 Å². The molecule has 0 saturated carbocycles. The van der Waals surface area contributed by atoms with Crippen molar-refractivity contribution in [3.8, 4) is 31.7 Å². The molecule has 0 atom stereocenters. The summed E-state index contributed by atoms with van der Waals surface area (Å²) >= 11 is 4.42. The van der Waals surface area contributed by atoms with Gasteiger partial charge in [0.15, 0.2) is 0 Å². The first-order valence-electron chi connectivity index (χ1n) is 11.8. The van der Waals surface area contributed by atoms with E-state index in [1.165, 1.54) is 11.3 Å². The van der Waals surface area contributed by atoms with E-state index in [9.17, 15) is 13.0 Å². The Kier molecular flexibility index (Phi) is 6.41. The number of fused-ring (bicyclic) bond motifs is 3. The van der Waals surface area contributed by atoms with Crippen LogP contribution in [0.4, 0.5) is 5.69 Å². The van der Waals surface area contributed by atoms with Crippen LogP contribution in [0.3, 0.4) is 0 Å². The zero-order valence-corrected chi connectivity index (χ0v) is 24.5. The van der Waals surface area contributed by atoms with Crippen molar-refractivity contribution in [3.05, 3.63) is 78.4 Å². The molecule has 200 valence electrons. The van der Waals surface area contributed by atoms with Gasteiger partial charge in [0.2, 0.25) is 0 Å². The number of hydrogen-bond donors (Lipinski definition) is 2. The number of nitrogen functional groups attached to an aromatic ring is 1. The molecule has 6 N–H and O–H groups in total. The van der Waals surface area contributed by atoms with E-state index in [1.807, 2.05) is 54.6 Å². The lowest BCUT2D eigenvalue weighted by molar-refractivity contribution is 0.463. The first kappa shape index (κ1) is 26.4. The number of aromatic nitrogens is 3. The van der Waals surface area contributed by atoms with Crippen molar-refractivity contribution in [2.45, 2.75) is 11.8 Å². The number of rotatable bonds is 4. The van der Waals surface area contributed by atoms with Crippen molar-refractivity contribution >= 4 is 80.5 Å². The maximum atomic E-state index is 11.9. The molecule has 8 nitrogen and oxygen atoms in total. The Morgan fingerprint density at radius 1 is 0.675 bits per heavy atom. The summed E-state index contributed by atoms with van der Waals surface area (Å²) in [5.41, 5.74) is 12.2. The number of aryl methyl sites for hydroxylation is 1. The van der Waals surface area contributed by atoms with E-state index in [1.54, 1.807) is 41.7 Å². The molecular formula is C28H21N5O3S4. The highest BCUT2D eigenvalue weighted by atomic mass is 32.2. The topological polar surface area (TPSA) is 158 Å². The van der Waals surface area contributed by atoms with Gasteiger partial charge in [-0.2, -0.15) is 0 Å². The maximum absolute atomic E-state index is 11.9. The van der Waals surface area contributed by atoms with Gasteiger partial charge in [0.1, 0.15) is 25.1 Å². The van der Waals surface area contributed by atoms with Crippen LogP contribution < -0.4 is 11.9 Å². The molecule has 0 saturated heterocycles. The minimum Gasteiger partial charge on any atom is -0.744 e. The summed E-state index contributed by atoms with van der Waals surface area (Å²) < 4.78 is 38.2. The summed E-state index contributed by atoms with van der Waals surface area (Å²) in [5.74, 6) is 0. The molecule has 0 bridgehead atoms. The average Bonchev–Trinajstić information content (AvgIpc) is 3.63. The van der Waals surface area contributed by atoms with Gasteiger partial charge >= 0.3 is 0 Å². The molecule has 0 fully saturated rings. The molecule has 0 spiro atoms. The number of quaternary nitrogens is 1. The predicted molar refractivity (Wildman–Crippen MR) is 165 cm³/mol. The molecule has 0 amide bonds. The van der Waals surface area contributed by atoms with Gasteiger partial charge in [-0.15, -0.1) is 34.0 Å². The van der Waals surface area contributed by atoms with E-state index in [0.29, 0.717) is 20.8 Å². The van der Waals surface area contributed by atoms with Gasteiger partial charge in [-0.3, -0.25) is 0 Å². The van der Waals surface area contributed by atoms with Crippen molar-refractivity contribution in [1.82, 2.24) is 21.1 Å². The summed E-state index contributed by atoms with van der Waals surface area (Å²) in [4.78, 5) is 14.1. The smallest absolute Gasteiger partial charge is 0.126 e. The van der Waals surface area contributed by atoms with Gasteiger partial charge in [-0.25, -0.2) is 23.4 Å². The fourth-order valence-electron chi connectivity index (χ4n) is 4.49. The number of nitrogens with two attached hydrogens (primary N) is 1. The van der Waals surface area contributed by atoms with Gasteiger partial charge in [0.05, 0.1) is 35.5 Å². The Morgan fingerprint density at radius 3 is 1.73 bits per heavy atom. The highest BCUT2D eigenvalue weighted by molar-refractivity contribution is 7.86. The molecule has 12 heteroatoms. The first-order chi connectivity index (χ1) is 18.7. The molecule has 7 rings (SSSR count). The number of hydrogen-bond acceptors (Lipinski definition) is 10. The van der Waals surface area contributed by atoms with Crippen LogP contribution in [-0.4, -0.2) is 27.9 Å². The maximum Gasteiger partial charge on any atom is 0.126 e. The lowest BCUT2D eigenvalue weighted by Gasteiger charge is -2.10. The molecule has 40 heavy (non-hydrogen) atoms. The first-order valence-corrected chi connectivity index (χ1v) is 15.6. The van der Waals surface area contributed by atoms with Gasteiger partial charge in [0.25, 0.3) is 0 Å². The van der Waals surface area contributed by atoms with Crippen LogP contribution in [0.2, 0.25) is 0 Å². The van der Waals surface area contributed by atoms with Gasteiger partial charge in [0, 0.05) is 22.4 Å². The zero-order valence-electron chi connectivity index (χ0n) is 21.2. The van der Waals surface area contributed by atoms with Crippen molar-refractivity contribution < 1.29 is 13.0 Å². The Labute approximate surface area is 241 Å². The lowest BCUT2D eigenvalue weighted by Crippen LogP contribution is -2.01. The van der Waals surface area contributed by atoms with E-state index >= 15 is 0 Å². The van der Waals surface area contributed by atoms with Crippen LogP contribution in [-0.2, 0) is 10.1 Å². The van der Waals surface area contributed by atoms with E-state index in [0.717, 1.165) is 52.8 Å². The molecule has 0 aliphatic heterocycles. The fourth-order valence-corrected chi connectivity index (χ4v) is 8.78. The highest BCUT2D eigenvalue weighted by Crippen LogP contribution is 2.39. The molecule has 4 aromatic carbocycles. The molecule has 3 heterocycles. The van der Waals surface area contributed by atoms with E-state index in [4.69, 9.17) is 15.7 Å². The molecule has 0 aliphatic rings. The normalized spacial score (nSPS) is 11.8. The Balaban J connectivity index is 0.00000289. The van der Waals surface area contributed by atoms with Gasteiger partial charge in [-0.05, 0) is 79.2 Å². The molecular weight excluding hydrogens is 583 g/mol. The highest BCUT2D eigenvalue weighted by Gasteiger charge is 2.17. The molecule has 0 unspecified atom stereocenters. The number of nitrogens with zero attached hydrogens (tertiary/aromatic N) is 3. The summed E-state index contributed by atoms with van der Waals surface area (Å²) in [6.45, 7) is 1.62. The van der Waals surface area contributed by atoms with Crippen molar-refractivity contribution in [2.75, 3.05) is 5.73 Å². The van der Waals surface area contributed by atoms with Gasteiger partial charge < -0.3 is 16.4 Å². The summed E-state index contributed by atoms with van der Waals surface area (Å²) in [5, 5.41) is 2.49. The SMILES string of the molecule is Cc1ccc2nc(-c3ccc4nc(-c5ccc6nc(-c7ccc(N)cc7)sc6c5)sc4c3)sc2c1S(=O)(=O)[O-].[NH4+]. The summed E-state index contributed by atoms with van der Waals surface area (Å²) in [6, 6.07) is 23.1. The Hall–Kier alpha value is -3.78. The van der Waals surface area contributed by atoms with Crippen LogP contribution >= 0.6 is 34.0 Å². The predicted octanol–water partition coefficient (Wildman–Crippen LogP) is 7.69. The number of benzene rings is 4. The number of thiazole rings is 3. The molecule has 3 aromatic heterocycles. The second-order valence-electron chi connectivity index (χ2n) is 9.06. The quantitative estimate of drug-likeness (QED) is 0.154. The summed E-state index contributed by atoms with van der Waals surface area (Å²) in [7, 11) is -4.62. The van der Waals surface area contributed by atoms with Crippen LogP contribution in [0.15, 0.2) is 77.7 Å². The van der Waals surface area contributed by atoms with E-state index < -0.39 is 10.1 Å². The zero-order chi connectivity index (χ0) is 26.9. The number of anilines is 1. The Bertz CT molecular complexity index is 2180. The second-order valence-corrected chi connectivity index (χ2v) is 13.4. The molecule has 7 aromatic rings. The third kappa shape index (κ3) is 4.54.